The highest BCUT2D eigenvalue weighted by molar-refractivity contribution is 5.97. The van der Waals surface area contributed by atoms with Gasteiger partial charge in [0.2, 0.25) is 0 Å². The third kappa shape index (κ3) is 2.54. The predicted molar refractivity (Wildman–Crippen MR) is 62.6 cm³/mol. The Labute approximate surface area is 95.0 Å². The fraction of sp³-hybridized carbons (Fsp3) is 0.455. The summed E-state index contributed by atoms with van der Waals surface area (Å²) in [6.45, 7) is 1.97. The SMILES string of the molecule is C#CCC(CC)NC(=O)c1c(N)cnn1C. The molecular formula is C11H16N4O. The summed E-state index contributed by atoms with van der Waals surface area (Å²) < 4.78 is 1.45. The molecule has 0 radical (unpaired) electrons. The fourth-order valence-electron chi connectivity index (χ4n) is 1.43. The second-order valence-electron chi connectivity index (χ2n) is 3.56. The summed E-state index contributed by atoms with van der Waals surface area (Å²) in [7, 11) is 1.67. The number of anilines is 1. The molecule has 1 aromatic rings. The van der Waals surface area contributed by atoms with Crippen LogP contribution in [0.3, 0.4) is 0 Å². The van der Waals surface area contributed by atoms with Crippen LogP contribution >= 0.6 is 0 Å². The number of nitrogens with two attached hydrogens (primary N) is 1. The van der Waals surface area contributed by atoms with E-state index in [0.29, 0.717) is 17.8 Å². The lowest BCUT2D eigenvalue weighted by Gasteiger charge is -2.14. The van der Waals surface area contributed by atoms with E-state index in [0.717, 1.165) is 6.42 Å². The van der Waals surface area contributed by atoms with E-state index >= 15 is 0 Å². The van der Waals surface area contributed by atoms with Crippen molar-refractivity contribution in [2.75, 3.05) is 5.73 Å². The summed E-state index contributed by atoms with van der Waals surface area (Å²) in [6.07, 6.45) is 7.97. The Bertz CT molecular complexity index is 397. The van der Waals surface area contributed by atoms with Gasteiger partial charge in [0.15, 0.2) is 0 Å². The number of rotatable bonds is 4. The maximum absolute atomic E-state index is 11.9. The second-order valence-corrected chi connectivity index (χ2v) is 3.56. The summed E-state index contributed by atoms with van der Waals surface area (Å²) in [5.74, 6) is 2.29. The van der Waals surface area contributed by atoms with Crippen LogP contribution in [0.1, 0.15) is 30.3 Å². The molecule has 1 amide bonds. The monoisotopic (exact) mass is 220 g/mol. The van der Waals surface area contributed by atoms with Crippen molar-refractivity contribution >= 4 is 11.6 Å². The van der Waals surface area contributed by atoms with Crippen molar-refractivity contribution in [3.63, 3.8) is 0 Å². The molecule has 1 atom stereocenters. The minimum atomic E-state index is -0.236. The van der Waals surface area contributed by atoms with Gasteiger partial charge in [-0.1, -0.05) is 6.92 Å². The molecule has 0 aliphatic heterocycles. The highest BCUT2D eigenvalue weighted by Crippen LogP contribution is 2.09. The summed E-state index contributed by atoms with van der Waals surface area (Å²) >= 11 is 0. The van der Waals surface area contributed by atoms with Crippen LogP contribution in [0.2, 0.25) is 0 Å². The summed E-state index contributed by atoms with van der Waals surface area (Å²) in [4.78, 5) is 11.9. The molecule has 0 aliphatic carbocycles. The van der Waals surface area contributed by atoms with Gasteiger partial charge >= 0.3 is 0 Å². The summed E-state index contributed by atoms with van der Waals surface area (Å²) in [5, 5.41) is 6.74. The van der Waals surface area contributed by atoms with Gasteiger partial charge in [-0.15, -0.1) is 12.3 Å². The number of carbonyl (C=O) groups is 1. The normalized spacial score (nSPS) is 11.8. The van der Waals surface area contributed by atoms with E-state index in [9.17, 15) is 4.79 Å². The number of aryl methyl sites for hydroxylation is 1. The first-order chi connectivity index (χ1) is 7.60. The lowest BCUT2D eigenvalue weighted by atomic mass is 10.1. The van der Waals surface area contributed by atoms with E-state index < -0.39 is 0 Å². The Morgan fingerprint density at radius 1 is 1.81 bits per heavy atom. The molecule has 1 aromatic heterocycles. The maximum atomic E-state index is 11.9. The Balaban J connectivity index is 2.76. The zero-order chi connectivity index (χ0) is 12.1. The Kier molecular flexibility index (Phi) is 3.95. The quantitative estimate of drug-likeness (QED) is 0.727. The number of carbonyl (C=O) groups excluding carboxylic acids is 1. The van der Waals surface area contributed by atoms with E-state index in [1.807, 2.05) is 6.92 Å². The molecular weight excluding hydrogens is 204 g/mol. The number of nitrogen functional groups attached to an aromatic ring is 1. The van der Waals surface area contributed by atoms with Crippen LogP contribution in [0.25, 0.3) is 0 Å². The van der Waals surface area contributed by atoms with Crippen molar-refractivity contribution in [3.8, 4) is 12.3 Å². The first-order valence-corrected chi connectivity index (χ1v) is 5.12. The zero-order valence-electron chi connectivity index (χ0n) is 9.53. The van der Waals surface area contributed by atoms with Gasteiger partial charge in [0, 0.05) is 19.5 Å². The van der Waals surface area contributed by atoms with Gasteiger partial charge < -0.3 is 11.1 Å². The lowest BCUT2D eigenvalue weighted by Crippen LogP contribution is -2.35. The number of hydrogen-bond acceptors (Lipinski definition) is 3. The van der Waals surface area contributed by atoms with Gasteiger partial charge in [-0.25, -0.2) is 0 Å². The average molecular weight is 220 g/mol. The number of amides is 1. The third-order valence-electron chi connectivity index (χ3n) is 2.37. The summed E-state index contributed by atoms with van der Waals surface area (Å²) in [6, 6.07) is -0.0215. The van der Waals surface area contributed by atoms with E-state index in [4.69, 9.17) is 12.2 Å². The smallest absolute Gasteiger partial charge is 0.271 e. The van der Waals surface area contributed by atoms with Crippen LogP contribution in [-0.2, 0) is 7.05 Å². The van der Waals surface area contributed by atoms with Crippen LogP contribution in [-0.4, -0.2) is 21.7 Å². The number of nitrogens with one attached hydrogen (secondary N) is 1. The van der Waals surface area contributed by atoms with Crippen molar-refractivity contribution in [2.24, 2.45) is 7.05 Å². The van der Waals surface area contributed by atoms with Crippen LogP contribution in [0.15, 0.2) is 6.20 Å². The Morgan fingerprint density at radius 3 is 2.94 bits per heavy atom. The molecule has 0 saturated carbocycles. The Morgan fingerprint density at radius 2 is 2.50 bits per heavy atom. The topological polar surface area (TPSA) is 72.9 Å². The first-order valence-electron chi connectivity index (χ1n) is 5.12. The minimum absolute atomic E-state index is 0.0215. The van der Waals surface area contributed by atoms with Gasteiger partial charge in [-0.05, 0) is 6.42 Å². The molecule has 0 bridgehead atoms. The molecule has 3 N–H and O–H groups in total. The Hall–Kier alpha value is -1.96. The van der Waals surface area contributed by atoms with Crippen LogP contribution in [0, 0.1) is 12.3 Å². The van der Waals surface area contributed by atoms with Gasteiger partial charge in [-0.2, -0.15) is 5.10 Å². The molecule has 16 heavy (non-hydrogen) atoms. The largest absolute Gasteiger partial charge is 0.396 e. The van der Waals surface area contributed by atoms with E-state index in [1.165, 1.54) is 10.9 Å². The van der Waals surface area contributed by atoms with E-state index in [-0.39, 0.29) is 11.9 Å². The van der Waals surface area contributed by atoms with E-state index in [2.05, 4.69) is 16.3 Å². The van der Waals surface area contributed by atoms with Crippen LogP contribution < -0.4 is 11.1 Å². The van der Waals surface area contributed by atoms with Gasteiger partial charge in [0.25, 0.3) is 5.91 Å². The number of aromatic nitrogens is 2. The number of terminal acetylenes is 1. The molecule has 86 valence electrons. The predicted octanol–water partition coefficient (Wildman–Crippen LogP) is 0.534. The van der Waals surface area contributed by atoms with Crippen molar-refractivity contribution in [2.45, 2.75) is 25.8 Å². The molecule has 5 nitrogen and oxygen atoms in total. The van der Waals surface area contributed by atoms with Crippen molar-refractivity contribution in [1.29, 1.82) is 0 Å². The molecule has 1 heterocycles. The second kappa shape index (κ2) is 5.21. The fourth-order valence-corrected chi connectivity index (χ4v) is 1.43. The number of hydrogen-bond donors (Lipinski definition) is 2. The standard InChI is InChI=1S/C11H16N4O/c1-4-6-8(5-2)14-11(16)10-9(12)7-13-15(10)3/h1,7-8H,5-6,12H2,2-3H3,(H,14,16). The van der Waals surface area contributed by atoms with Gasteiger partial charge in [0.1, 0.15) is 5.69 Å². The van der Waals surface area contributed by atoms with E-state index in [1.54, 1.807) is 7.05 Å². The van der Waals surface area contributed by atoms with Crippen molar-refractivity contribution in [1.82, 2.24) is 15.1 Å². The van der Waals surface area contributed by atoms with Crippen molar-refractivity contribution in [3.05, 3.63) is 11.9 Å². The molecule has 0 aliphatic rings. The molecule has 0 spiro atoms. The molecule has 5 heteroatoms. The molecule has 1 unspecified atom stereocenters. The highest BCUT2D eigenvalue weighted by atomic mass is 16.2. The molecule has 0 aromatic carbocycles. The minimum Gasteiger partial charge on any atom is -0.396 e. The van der Waals surface area contributed by atoms with Crippen LogP contribution in [0.4, 0.5) is 5.69 Å². The number of nitrogens with zero attached hydrogens (tertiary/aromatic N) is 2. The van der Waals surface area contributed by atoms with Gasteiger partial charge in [0.05, 0.1) is 11.9 Å². The summed E-state index contributed by atoms with van der Waals surface area (Å²) in [5.41, 5.74) is 6.39. The molecule has 1 rings (SSSR count). The highest BCUT2D eigenvalue weighted by Gasteiger charge is 2.17. The maximum Gasteiger partial charge on any atom is 0.271 e. The van der Waals surface area contributed by atoms with Crippen LogP contribution in [0.5, 0.6) is 0 Å². The third-order valence-corrected chi connectivity index (χ3v) is 2.37. The zero-order valence-corrected chi connectivity index (χ0v) is 9.53. The molecule has 0 fully saturated rings. The van der Waals surface area contributed by atoms with Crippen molar-refractivity contribution < 1.29 is 4.79 Å². The van der Waals surface area contributed by atoms with Gasteiger partial charge in [-0.3, -0.25) is 9.48 Å². The molecule has 0 saturated heterocycles. The first kappa shape index (κ1) is 12.1. The lowest BCUT2D eigenvalue weighted by molar-refractivity contribution is 0.0928. The average Bonchev–Trinajstić information content (AvgIpc) is 2.57.